The zero-order valence-corrected chi connectivity index (χ0v) is 10.2. The van der Waals surface area contributed by atoms with Gasteiger partial charge in [-0.2, -0.15) is 0 Å². The number of hydrogen-bond acceptors (Lipinski definition) is 1. The van der Waals surface area contributed by atoms with E-state index >= 15 is 0 Å². The maximum atomic E-state index is 11.5. The third kappa shape index (κ3) is 2.04. The smallest absolute Gasteiger partial charge is 0.219 e. The second-order valence-electron chi connectivity index (χ2n) is 5.64. The zero-order chi connectivity index (χ0) is 11.0. The Morgan fingerprint density at radius 1 is 1.07 bits per heavy atom. The van der Waals surface area contributed by atoms with Gasteiger partial charge in [0.15, 0.2) is 0 Å². The van der Waals surface area contributed by atoms with Gasteiger partial charge in [-0.3, -0.25) is 4.79 Å². The van der Waals surface area contributed by atoms with Gasteiger partial charge in [0, 0.05) is 20.0 Å². The van der Waals surface area contributed by atoms with Gasteiger partial charge >= 0.3 is 0 Å². The Kier molecular flexibility index (Phi) is 3.03. The quantitative estimate of drug-likeness (QED) is 0.600. The highest BCUT2D eigenvalue weighted by molar-refractivity contribution is 5.73. The third-order valence-corrected chi connectivity index (χ3v) is 4.59. The number of rotatable bonds is 0. The lowest BCUT2D eigenvalue weighted by Gasteiger charge is -2.47. The molecule has 2 rings (SSSR count). The number of fused-ring (bicyclic) bond motifs is 1. The Hall–Kier alpha value is -0.530. The molecule has 1 aliphatic heterocycles. The number of carbonyl (C=O) groups excluding carboxylic acids is 1. The van der Waals surface area contributed by atoms with E-state index in [0.29, 0.717) is 5.92 Å². The summed E-state index contributed by atoms with van der Waals surface area (Å²) in [5.41, 5.74) is 0. The van der Waals surface area contributed by atoms with Crippen LogP contribution in [0.5, 0.6) is 0 Å². The van der Waals surface area contributed by atoms with Gasteiger partial charge in [-0.15, -0.1) is 0 Å². The first-order chi connectivity index (χ1) is 7.09. The summed E-state index contributed by atoms with van der Waals surface area (Å²) in [5, 5.41) is 0. The molecule has 0 radical (unpaired) electrons. The normalized spacial score (nSPS) is 41.1. The lowest BCUT2D eigenvalue weighted by atomic mass is 9.66. The summed E-state index contributed by atoms with van der Waals surface area (Å²) in [6.45, 7) is 8.41. The molecule has 86 valence electrons. The first-order valence-electron chi connectivity index (χ1n) is 6.35. The molecule has 0 aromatic rings. The van der Waals surface area contributed by atoms with Crippen LogP contribution in [0, 0.1) is 23.7 Å². The fourth-order valence-electron chi connectivity index (χ4n) is 3.62. The molecule has 1 saturated carbocycles. The van der Waals surface area contributed by atoms with E-state index in [1.807, 2.05) is 0 Å². The molecular weight excluding hydrogens is 186 g/mol. The molecular formula is C13H23NO. The van der Waals surface area contributed by atoms with Crippen LogP contribution < -0.4 is 0 Å². The van der Waals surface area contributed by atoms with Crippen LogP contribution in [0.2, 0.25) is 0 Å². The molecule has 0 N–H and O–H groups in total. The molecule has 15 heavy (non-hydrogen) atoms. The lowest BCUT2D eigenvalue weighted by Crippen LogP contribution is -2.50. The highest BCUT2D eigenvalue weighted by Crippen LogP contribution is 2.42. The van der Waals surface area contributed by atoms with E-state index in [4.69, 9.17) is 0 Å². The zero-order valence-electron chi connectivity index (χ0n) is 10.2. The van der Waals surface area contributed by atoms with Crippen LogP contribution >= 0.6 is 0 Å². The number of carbonyl (C=O) groups is 1. The van der Waals surface area contributed by atoms with Crippen LogP contribution in [0.1, 0.15) is 40.0 Å². The Morgan fingerprint density at radius 2 is 1.80 bits per heavy atom. The van der Waals surface area contributed by atoms with Crippen molar-refractivity contribution < 1.29 is 4.79 Å². The predicted molar refractivity (Wildman–Crippen MR) is 61.4 cm³/mol. The number of hydrogen-bond donors (Lipinski definition) is 0. The van der Waals surface area contributed by atoms with Gasteiger partial charge in [-0.1, -0.05) is 26.7 Å². The number of amides is 1. The maximum Gasteiger partial charge on any atom is 0.219 e. The number of piperidine rings is 1. The molecule has 1 aliphatic carbocycles. The fourth-order valence-corrected chi connectivity index (χ4v) is 3.62. The molecule has 2 unspecified atom stereocenters. The molecule has 1 amide bonds. The lowest BCUT2D eigenvalue weighted by molar-refractivity contribution is -0.134. The summed E-state index contributed by atoms with van der Waals surface area (Å²) >= 11 is 0. The highest BCUT2D eigenvalue weighted by Gasteiger charge is 2.39. The average Bonchev–Trinajstić information content (AvgIpc) is 2.19. The van der Waals surface area contributed by atoms with E-state index in [0.717, 1.165) is 30.8 Å². The third-order valence-electron chi connectivity index (χ3n) is 4.59. The van der Waals surface area contributed by atoms with E-state index in [1.165, 1.54) is 19.3 Å². The molecule has 1 saturated heterocycles. The molecule has 0 bridgehead atoms. The van der Waals surface area contributed by atoms with E-state index in [-0.39, 0.29) is 5.91 Å². The SMILES string of the molecule is CC(=O)N1CC2C(CCC[C@H]2C)[C@H](C)C1. The minimum Gasteiger partial charge on any atom is -0.342 e. The van der Waals surface area contributed by atoms with Crippen molar-refractivity contribution in [2.24, 2.45) is 23.7 Å². The van der Waals surface area contributed by atoms with Gasteiger partial charge < -0.3 is 4.90 Å². The summed E-state index contributed by atoms with van der Waals surface area (Å²) in [7, 11) is 0. The average molecular weight is 209 g/mol. The Labute approximate surface area is 93.0 Å². The standard InChI is InChI=1S/C13H23NO/c1-9-5-4-6-12-10(2)7-14(11(3)15)8-13(9)12/h9-10,12-13H,4-8H2,1-3H3/t9-,10-,12?,13?/m1/s1. The van der Waals surface area contributed by atoms with Crippen LogP contribution in [0.15, 0.2) is 0 Å². The molecule has 2 nitrogen and oxygen atoms in total. The molecule has 0 aromatic carbocycles. The van der Waals surface area contributed by atoms with Gasteiger partial charge in [0.1, 0.15) is 0 Å². The van der Waals surface area contributed by atoms with E-state index in [2.05, 4.69) is 18.7 Å². The molecule has 2 fully saturated rings. The van der Waals surface area contributed by atoms with Gasteiger partial charge in [-0.05, 0) is 30.1 Å². The first-order valence-corrected chi connectivity index (χ1v) is 6.35. The molecule has 2 aliphatic rings. The summed E-state index contributed by atoms with van der Waals surface area (Å²) in [4.78, 5) is 13.5. The van der Waals surface area contributed by atoms with Gasteiger partial charge in [0.05, 0.1) is 0 Å². The van der Waals surface area contributed by atoms with Crippen molar-refractivity contribution in [3.8, 4) is 0 Å². The minimum absolute atomic E-state index is 0.262. The van der Waals surface area contributed by atoms with E-state index in [1.54, 1.807) is 6.92 Å². The van der Waals surface area contributed by atoms with Crippen LogP contribution in [0.4, 0.5) is 0 Å². The van der Waals surface area contributed by atoms with Gasteiger partial charge in [0.2, 0.25) is 5.91 Å². The maximum absolute atomic E-state index is 11.5. The Morgan fingerprint density at radius 3 is 2.47 bits per heavy atom. The topological polar surface area (TPSA) is 20.3 Å². The Balaban J connectivity index is 2.10. The van der Waals surface area contributed by atoms with Crippen molar-refractivity contribution in [2.45, 2.75) is 40.0 Å². The minimum atomic E-state index is 0.262. The number of nitrogens with zero attached hydrogens (tertiary/aromatic N) is 1. The predicted octanol–water partition coefficient (Wildman–Crippen LogP) is 2.54. The summed E-state index contributed by atoms with van der Waals surface area (Å²) in [5.74, 6) is 3.43. The fraction of sp³-hybridized carbons (Fsp3) is 0.923. The van der Waals surface area contributed by atoms with Crippen LogP contribution in [0.3, 0.4) is 0 Å². The molecule has 0 aromatic heterocycles. The van der Waals surface area contributed by atoms with Crippen molar-refractivity contribution in [1.29, 1.82) is 0 Å². The van der Waals surface area contributed by atoms with Crippen LogP contribution in [-0.4, -0.2) is 23.9 Å². The van der Waals surface area contributed by atoms with Crippen LogP contribution in [0.25, 0.3) is 0 Å². The molecule has 1 heterocycles. The van der Waals surface area contributed by atoms with E-state index in [9.17, 15) is 4.79 Å². The molecule has 2 heteroatoms. The van der Waals surface area contributed by atoms with Crippen molar-refractivity contribution in [3.05, 3.63) is 0 Å². The molecule has 4 atom stereocenters. The van der Waals surface area contributed by atoms with Crippen molar-refractivity contribution in [1.82, 2.24) is 4.90 Å². The van der Waals surface area contributed by atoms with Crippen molar-refractivity contribution >= 4 is 5.91 Å². The largest absolute Gasteiger partial charge is 0.342 e. The number of likely N-dealkylation sites (tertiary alicyclic amines) is 1. The monoisotopic (exact) mass is 209 g/mol. The van der Waals surface area contributed by atoms with Gasteiger partial charge in [0.25, 0.3) is 0 Å². The molecule has 0 spiro atoms. The first kappa shape index (κ1) is 11.0. The highest BCUT2D eigenvalue weighted by atomic mass is 16.2. The van der Waals surface area contributed by atoms with E-state index < -0.39 is 0 Å². The van der Waals surface area contributed by atoms with Crippen molar-refractivity contribution in [2.75, 3.05) is 13.1 Å². The summed E-state index contributed by atoms with van der Waals surface area (Å²) < 4.78 is 0. The van der Waals surface area contributed by atoms with Crippen LogP contribution in [-0.2, 0) is 4.79 Å². The second kappa shape index (κ2) is 4.15. The second-order valence-corrected chi connectivity index (χ2v) is 5.64. The Bertz CT molecular complexity index is 251. The summed E-state index contributed by atoms with van der Waals surface area (Å²) in [6.07, 6.45) is 4.15. The van der Waals surface area contributed by atoms with Gasteiger partial charge in [-0.25, -0.2) is 0 Å². The van der Waals surface area contributed by atoms with Crippen molar-refractivity contribution in [3.63, 3.8) is 0 Å². The summed E-state index contributed by atoms with van der Waals surface area (Å²) in [6, 6.07) is 0.